The highest BCUT2D eigenvalue weighted by molar-refractivity contribution is 5.98. The van der Waals surface area contributed by atoms with E-state index in [9.17, 15) is 29.8 Å². The van der Waals surface area contributed by atoms with Gasteiger partial charge in [0.15, 0.2) is 6.29 Å². The molecule has 0 saturated heterocycles. The molecule has 2 aromatic carbocycles. The zero-order valence-electron chi connectivity index (χ0n) is 15.2. The van der Waals surface area contributed by atoms with Crippen molar-refractivity contribution in [3.8, 4) is 6.07 Å². The molecule has 0 radical (unpaired) electrons. The van der Waals surface area contributed by atoms with Gasteiger partial charge in [-0.25, -0.2) is 4.79 Å². The minimum absolute atomic E-state index is 0.109. The fraction of sp³-hybridized carbons (Fsp3) is 0.105. The van der Waals surface area contributed by atoms with Crippen LogP contribution in [-0.2, 0) is 9.53 Å². The van der Waals surface area contributed by atoms with Crippen LogP contribution in [0.25, 0.3) is 6.08 Å². The summed E-state index contributed by atoms with van der Waals surface area (Å²) in [6.07, 6.45) is 1.62. The summed E-state index contributed by atoms with van der Waals surface area (Å²) in [6, 6.07) is 13.3. The summed E-state index contributed by atoms with van der Waals surface area (Å²) in [5, 5.41) is 29.8. The van der Waals surface area contributed by atoms with Gasteiger partial charge in [-0.05, 0) is 25.1 Å². The van der Waals surface area contributed by atoms with E-state index in [4.69, 9.17) is 5.26 Å². The van der Waals surface area contributed by atoms with E-state index in [2.05, 4.69) is 4.74 Å². The highest BCUT2D eigenvalue weighted by Crippen LogP contribution is 2.20. The van der Waals surface area contributed by atoms with Crippen LogP contribution in [0.15, 0.2) is 54.1 Å². The zero-order chi connectivity index (χ0) is 21.8. The Morgan fingerprint density at radius 3 is 1.93 bits per heavy atom. The fourth-order valence-corrected chi connectivity index (χ4v) is 2.03. The van der Waals surface area contributed by atoms with Gasteiger partial charge in [-0.3, -0.25) is 25.0 Å². The molecule has 0 aliphatic carbocycles. The second-order valence-corrected chi connectivity index (χ2v) is 5.14. The molecule has 2 rings (SSSR count). The lowest BCUT2D eigenvalue weighted by molar-refractivity contribution is -0.385. The number of nitriles is 1. The molecule has 148 valence electrons. The van der Waals surface area contributed by atoms with Crippen LogP contribution in [-0.4, -0.2) is 28.7 Å². The first-order valence-electron chi connectivity index (χ1n) is 8.06. The Hall–Kier alpha value is -4.39. The van der Waals surface area contributed by atoms with Crippen molar-refractivity contribution in [1.29, 1.82) is 5.26 Å². The van der Waals surface area contributed by atoms with Crippen LogP contribution < -0.4 is 0 Å². The second-order valence-electron chi connectivity index (χ2n) is 5.14. The molecule has 10 heteroatoms. The number of esters is 1. The molecule has 0 amide bonds. The summed E-state index contributed by atoms with van der Waals surface area (Å²) in [5.41, 5.74) is -0.298. The molecular weight excluding hydrogens is 382 g/mol. The first-order valence-corrected chi connectivity index (χ1v) is 8.06. The highest BCUT2D eigenvalue weighted by Gasteiger charge is 2.15. The molecule has 2 aromatic rings. The quantitative estimate of drug-likeness (QED) is 0.179. The normalized spacial score (nSPS) is 10.0. The van der Waals surface area contributed by atoms with Crippen molar-refractivity contribution in [3.63, 3.8) is 0 Å². The predicted octanol–water partition coefficient (Wildman–Crippen LogP) is 3.47. The standard InChI is InChI=1S/C12H10N2O4.C7H5NO3/c1-2-18-12(15)10(8-13)7-9-5-3-4-6-11(9)14(16)17;9-5-6-3-1-2-4-7(6)8(10)11/h3-7H,2H2,1H3;1-5H. The van der Waals surface area contributed by atoms with Gasteiger partial charge in [-0.15, -0.1) is 0 Å². The van der Waals surface area contributed by atoms with Crippen molar-refractivity contribution in [1.82, 2.24) is 0 Å². The number of ether oxygens (including phenoxy) is 1. The summed E-state index contributed by atoms with van der Waals surface area (Å²) in [4.78, 5) is 41.4. The molecule has 0 aliphatic heterocycles. The smallest absolute Gasteiger partial charge is 0.348 e. The number of hydrogen-bond acceptors (Lipinski definition) is 8. The molecule has 0 saturated carbocycles. The molecule has 0 fully saturated rings. The van der Waals surface area contributed by atoms with Gasteiger partial charge in [0.2, 0.25) is 0 Å². The highest BCUT2D eigenvalue weighted by atomic mass is 16.6. The maximum Gasteiger partial charge on any atom is 0.348 e. The molecule has 0 unspecified atom stereocenters. The maximum atomic E-state index is 11.4. The van der Waals surface area contributed by atoms with E-state index < -0.39 is 15.8 Å². The van der Waals surface area contributed by atoms with Crippen LogP contribution in [0.4, 0.5) is 11.4 Å². The number of hydrogen-bond donors (Lipinski definition) is 0. The second kappa shape index (κ2) is 11.3. The van der Waals surface area contributed by atoms with Crippen LogP contribution in [0.1, 0.15) is 22.8 Å². The van der Waals surface area contributed by atoms with Gasteiger partial charge in [0, 0.05) is 12.1 Å². The predicted molar refractivity (Wildman–Crippen MR) is 102 cm³/mol. The number of carbonyl (C=O) groups is 2. The number of rotatable bonds is 6. The van der Waals surface area contributed by atoms with Crippen LogP contribution in [0.2, 0.25) is 0 Å². The van der Waals surface area contributed by atoms with Crippen LogP contribution in [0.3, 0.4) is 0 Å². The van der Waals surface area contributed by atoms with Crippen LogP contribution in [0, 0.1) is 31.6 Å². The molecule has 10 nitrogen and oxygen atoms in total. The van der Waals surface area contributed by atoms with E-state index in [1.807, 2.05) is 0 Å². The summed E-state index contributed by atoms with van der Waals surface area (Å²) < 4.78 is 4.67. The van der Waals surface area contributed by atoms with Gasteiger partial charge < -0.3 is 4.74 Å². The molecule has 0 bridgehead atoms. The number of nitro groups is 2. The molecule has 0 atom stereocenters. The van der Waals surface area contributed by atoms with Gasteiger partial charge in [0.1, 0.15) is 11.6 Å². The van der Waals surface area contributed by atoms with E-state index in [1.54, 1.807) is 25.1 Å². The zero-order valence-corrected chi connectivity index (χ0v) is 15.2. The van der Waals surface area contributed by atoms with Crippen LogP contribution >= 0.6 is 0 Å². The third kappa shape index (κ3) is 6.69. The molecule has 0 spiro atoms. The van der Waals surface area contributed by atoms with Gasteiger partial charge in [0.05, 0.1) is 27.6 Å². The molecule has 0 N–H and O–H groups in total. The molecule has 0 heterocycles. The lowest BCUT2D eigenvalue weighted by Crippen LogP contribution is -2.06. The van der Waals surface area contributed by atoms with E-state index in [0.717, 1.165) is 6.08 Å². The minimum Gasteiger partial charge on any atom is -0.462 e. The molecule has 29 heavy (non-hydrogen) atoms. The SMILES string of the molecule is CCOC(=O)C(C#N)=Cc1ccccc1[N+](=O)[O-].O=Cc1ccccc1[N+](=O)[O-]. The number of nitrogens with zero attached hydrogens (tertiary/aromatic N) is 3. The maximum absolute atomic E-state index is 11.4. The van der Waals surface area contributed by atoms with Crippen molar-refractivity contribution in [2.24, 2.45) is 0 Å². The summed E-state index contributed by atoms with van der Waals surface area (Å²) in [6.45, 7) is 1.74. The Balaban J connectivity index is 0.000000326. The number of carbonyl (C=O) groups excluding carboxylic acids is 2. The first kappa shape index (κ1) is 22.7. The first-order chi connectivity index (χ1) is 13.8. The number of aldehydes is 1. The Morgan fingerprint density at radius 2 is 1.52 bits per heavy atom. The number of benzene rings is 2. The molecule has 0 aromatic heterocycles. The van der Waals surface area contributed by atoms with Crippen molar-refractivity contribution in [2.45, 2.75) is 6.92 Å². The third-order valence-corrected chi connectivity index (χ3v) is 3.31. The van der Waals surface area contributed by atoms with Crippen molar-refractivity contribution in [3.05, 3.63) is 85.5 Å². The third-order valence-electron chi connectivity index (χ3n) is 3.31. The minimum atomic E-state index is -0.793. The van der Waals surface area contributed by atoms with Gasteiger partial charge in [-0.2, -0.15) is 5.26 Å². The lowest BCUT2D eigenvalue weighted by atomic mass is 10.1. The summed E-state index contributed by atoms with van der Waals surface area (Å²) >= 11 is 0. The van der Waals surface area contributed by atoms with Crippen LogP contribution in [0.5, 0.6) is 0 Å². The monoisotopic (exact) mass is 397 g/mol. The average Bonchev–Trinajstić information content (AvgIpc) is 2.72. The average molecular weight is 397 g/mol. The van der Waals surface area contributed by atoms with E-state index >= 15 is 0 Å². The number of para-hydroxylation sites is 2. The molecular formula is C19H15N3O7. The van der Waals surface area contributed by atoms with Gasteiger partial charge in [0.25, 0.3) is 11.4 Å². The summed E-state index contributed by atoms with van der Waals surface area (Å²) in [5.74, 6) is -0.793. The summed E-state index contributed by atoms with van der Waals surface area (Å²) in [7, 11) is 0. The van der Waals surface area contributed by atoms with E-state index in [1.165, 1.54) is 36.4 Å². The number of nitro benzene ring substituents is 2. The van der Waals surface area contributed by atoms with Crippen molar-refractivity contribution in [2.75, 3.05) is 6.61 Å². The topological polar surface area (TPSA) is 153 Å². The Kier molecular flexibility index (Phi) is 8.86. The molecule has 0 aliphatic rings. The Labute approximate surface area is 164 Å². The lowest BCUT2D eigenvalue weighted by Gasteiger charge is -2.00. The Bertz CT molecular complexity index is 993. The van der Waals surface area contributed by atoms with Gasteiger partial charge >= 0.3 is 5.97 Å². The Morgan fingerprint density at radius 1 is 1.03 bits per heavy atom. The largest absolute Gasteiger partial charge is 0.462 e. The van der Waals surface area contributed by atoms with Crippen molar-refractivity contribution < 1.29 is 24.2 Å². The van der Waals surface area contributed by atoms with E-state index in [0.29, 0.717) is 6.29 Å². The fourth-order valence-electron chi connectivity index (χ4n) is 2.03. The van der Waals surface area contributed by atoms with Gasteiger partial charge in [-0.1, -0.05) is 24.3 Å². The van der Waals surface area contributed by atoms with Crippen molar-refractivity contribution >= 4 is 29.7 Å². The van der Waals surface area contributed by atoms with E-state index in [-0.39, 0.29) is 34.7 Å².